The second-order valence-corrected chi connectivity index (χ2v) is 13.6. The van der Waals surface area contributed by atoms with Crippen molar-refractivity contribution >= 4 is 28.5 Å². The molecule has 9 heteroatoms. The van der Waals surface area contributed by atoms with Crippen molar-refractivity contribution in [1.82, 2.24) is 10.3 Å². The minimum absolute atomic E-state index is 0.0767. The van der Waals surface area contributed by atoms with Crippen molar-refractivity contribution in [2.45, 2.75) is 83.3 Å². The highest BCUT2D eigenvalue weighted by atomic mass is 16.6. The first kappa shape index (κ1) is 29.3. The highest BCUT2D eigenvalue weighted by Gasteiger charge is 2.63. The Labute approximate surface area is 251 Å². The molecule has 2 aromatic rings. The fourth-order valence-corrected chi connectivity index (χ4v) is 9.07. The number of allylic oxidation sites excluding steroid dienone is 2. The zero-order valence-electron chi connectivity index (χ0n) is 24.9. The molecule has 7 atom stereocenters. The molecule has 4 aliphatic rings. The molecule has 9 nitrogen and oxygen atoms in total. The van der Waals surface area contributed by atoms with Crippen LogP contribution in [0.4, 0.5) is 0 Å². The standard InChI is InChI=1S/C34H41N3O6/c1-4-34(42)14-11-27-25-7-5-21-16-22(9-12-32(21,2)26(25)10-13-33(27,34)3)37-43-19-30(39)36-29(31(40)41)15-20-18-35-28-17-23(38)6-8-24(20)28/h1,6,8,16-18,25-27,29,35,38,42H,5,7,9-15,19H2,2-3H3,(H,36,39)(H,40,41)/t25-,26-,27-,29-,32+,33+,34+/m1/s1. The van der Waals surface area contributed by atoms with Gasteiger partial charge in [-0.15, -0.1) is 6.42 Å². The van der Waals surface area contributed by atoms with Crippen LogP contribution in [0.15, 0.2) is 41.2 Å². The van der Waals surface area contributed by atoms with E-state index in [1.54, 1.807) is 18.3 Å². The van der Waals surface area contributed by atoms with Gasteiger partial charge in [0, 0.05) is 35.0 Å². The van der Waals surface area contributed by atoms with Gasteiger partial charge in [-0.2, -0.15) is 0 Å². The summed E-state index contributed by atoms with van der Waals surface area (Å²) in [5.74, 6) is 2.71. The molecule has 6 rings (SSSR count). The van der Waals surface area contributed by atoms with Gasteiger partial charge in [-0.1, -0.05) is 30.5 Å². The molecule has 1 amide bonds. The third-order valence-electron chi connectivity index (χ3n) is 11.6. The number of fused-ring (bicyclic) bond motifs is 6. The van der Waals surface area contributed by atoms with E-state index in [4.69, 9.17) is 11.3 Å². The highest BCUT2D eigenvalue weighted by Crippen LogP contribution is 2.67. The maximum absolute atomic E-state index is 12.6. The Morgan fingerprint density at radius 2 is 1.98 bits per heavy atom. The number of aromatic nitrogens is 1. The lowest BCUT2D eigenvalue weighted by atomic mass is 9.46. The third-order valence-corrected chi connectivity index (χ3v) is 11.6. The second kappa shape index (κ2) is 10.7. The zero-order valence-corrected chi connectivity index (χ0v) is 24.9. The maximum Gasteiger partial charge on any atom is 0.326 e. The fraction of sp³-hybridized carbons (Fsp3) is 0.559. The average molecular weight is 588 g/mol. The number of carbonyl (C=O) groups is 2. The number of H-pyrrole nitrogens is 1. The number of phenolic OH excluding ortho intramolecular Hbond substituents is 1. The molecule has 3 saturated carbocycles. The van der Waals surface area contributed by atoms with Crippen LogP contribution in [0.2, 0.25) is 0 Å². The van der Waals surface area contributed by atoms with Crippen molar-refractivity contribution in [3.8, 4) is 18.1 Å². The number of aliphatic carboxylic acids is 1. The zero-order chi connectivity index (χ0) is 30.6. The van der Waals surface area contributed by atoms with Gasteiger partial charge in [0.25, 0.3) is 5.91 Å². The van der Waals surface area contributed by atoms with Crippen LogP contribution < -0.4 is 5.32 Å². The summed E-state index contributed by atoms with van der Waals surface area (Å²) in [5, 5.41) is 38.2. The molecule has 0 spiro atoms. The number of nitrogens with zero attached hydrogens (tertiary/aromatic N) is 1. The number of hydrogen-bond acceptors (Lipinski definition) is 6. The summed E-state index contributed by atoms with van der Waals surface area (Å²) < 4.78 is 0. The van der Waals surface area contributed by atoms with Crippen molar-refractivity contribution < 1.29 is 29.7 Å². The summed E-state index contributed by atoms with van der Waals surface area (Å²) in [7, 11) is 0. The number of terminal acetylenes is 1. The molecule has 1 aromatic heterocycles. The van der Waals surface area contributed by atoms with E-state index in [2.05, 4.69) is 41.3 Å². The molecule has 0 unspecified atom stereocenters. The van der Waals surface area contributed by atoms with Gasteiger partial charge in [0.1, 0.15) is 17.4 Å². The number of benzene rings is 1. The van der Waals surface area contributed by atoms with Gasteiger partial charge in [-0.05, 0) is 98.3 Å². The van der Waals surface area contributed by atoms with E-state index >= 15 is 0 Å². The molecule has 228 valence electrons. The van der Waals surface area contributed by atoms with E-state index in [9.17, 15) is 24.9 Å². The lowest BCUT2D eigenvalue weighted by Gasteiger charge is -2.58. The monoisotopic (exact) mass is 587 g/mol. The maximum atomic E-state index is 12.6. The number of rotatable bonds is 7. The van der Waals surface area contributed by atoms with Crippen LogP contribution in [-0.2, 0) is 20.8 Å². The molecule has 0 aliphatic heterocycles. The Bertz CT molecular complexity index is 1550. The van der Waals surface area contributed by atoms with Crippen LogP contribution in [0.1, 0.15) is 70.8 Å². The molecular weight excluding hydrogens is 546 g/mol. The minimum atomic E-state index is -1.15. The van der Waals surface area contributed by atoms with E-state index < -0.39 is 23.5 Å². The first-order valence-corrected chi connectivity index (χ1v) is 15.4. The molecule has 1 aromatic carbocycles. The van der Waals surface area contributed by atoms with Crippen molar-refractivity contribution in [3.05, 3.63) is 41.6 Å². The van der Waals surface area contributed by atoms with Crippen LogP contribution >= 0.6 is 0 Å². The fourth-order valence-electron chi connectivity index (χ4n) is 9.07. The third kappa shape index (κ3) is 4.90. The predicted molar refractivity (Wildman–Crippen MR) is 162 cm³/mol. The topological polar surface area (TPSA) is 144 Å². The summed E-state index contributed by atoms with van der Waals surface area (Å²) in [6, 6.07) is 3.68. The Morgan fingerprint density at radius 3 is 2.74 bits per heavy atom. The van der Waals surface area contributed by atoms with Gasteiger partial charge >= 0.3 is 5.97 Å². The summed E-state index contributed by atoms with van der Waals surface area (Å²) in [5.41, 5.74) is 2.46. The molecule has 43 heavy (non-hydrogen) atoms. The number of phenols is 1. The first-order chi connectivity index (χ1) is 20.5. The van der Waals surface area contributed by atoms with Gasteiger partial charge in [-0.25, -0.2) is 4.79 Å². The first-order valence-electron chi connectivity index (χ1n) is 15.4. The van der Waals surface area contributed by atoms with E-state index in [-0.39, 0.29) is 29.6 Å². The number of carboxylic acid groups (broad SMARTS) is 1. The number of nitrogens with one attached hydrogen (secondary N) is 2. The highest BCUT2D eigenvalue weighted by molar-refractivity contribution is 5.96. The number of carboxylic acids is 1. The minimum Gasteiger partial charge on any atom is -0.508 e. The van der Waals surface area contributed by atoms with Crippen LogP contribution in [0.5, 0.6) is 5.75 Å². The van der Waals surface area contributed by atoms with Crippen LogP contribution in [0.25, 0.3) is 10.9 Å². The Hall–Kier alpha value is -3.77. The molecule has 3 fully saturated rings. The predicted octanol–water partition coefficient (Wildman–Crippen LogP) is 4.69. The number of amides is 1. The van der Waals surface area contributed by atoms with Gasteiger partial charge in [-0.3, -0.25) is 4.79 Å². The number of aromatic amines is 1. The molecule has 4 aliphatic carbocycles. The summed E-state index contributed by atoms with van der Waals surface area (Å²) in [6.07, 6.45) is 17.2. The van der Waals surface area contributed by atoms with Crippen molar-refractivity contribution in [2.24, 2.45) is 33.7 Å². The van der Waals surface area contributed by atoms with Gasteiger partial charge in [0.05, 0.1) is 5.71 Å². The molecule has 0 bridgehead atoms. The number of hydrogen-bond donors (Lipinski definition) is 5. The van der Waals surface area contributed by atoms with E-state index in [1.165, 1.54) is 11.6 Å². The van der Waals surface area contributed by atoms with Crippen molar-refractivity contribution in [1.29, 1.82) is 0 Å². The van der Waals surface area contributed by atoms with Crippen LogP contribution in [0.3, 0.4) is 0 Å². The van der Waals surface area contributed by atoms with Gasteiger partial charge in [0.2, 0.25) is 0 Å². The van der Waals surface area contributed by atoms with E-state index in [1.807, 2.05) is 0 Å². The lowest BCUT2D eigenvalue weighted by Crippen LogP contribution is -2.54. The number of aromatic hydroxyl groups is 1. The Balaban J connectivity index is 1.07. The molecule has 0 radical (unpaired) electrons. The van der Waals surface area contributed by atoms with Gasteiger partial charge < -0.3 is 30.5 Å². The van der Waals surface area contributed by atoms with Crippen LogP contribution in [0, 0.1) is 40.9 Å². The van der Waals surface area contributed by atoms with E-state index in [0.29, 0.717) is 29.7 Å². The van der Waals surface area contributed by atoms with Gasteiger partial charge in [0.15, 0.2) is 6.61 Å². The number of oxime groups is 1. The van der Waals surface area contributed by atoms with Crippen molar-refractivity contribution in [2.75, 3.05) is 6.61 Å². The quantitative estimate of drug-likeness (QED) is 0.235. The Morgan fingerprint density at radius 1 is 1.19 bits per heavy atom. The molecular formula is C34H41N3O6. The normalized spacial score (nSPS) is 34.8. The summed E-state index contributed by atoms with van der Waals surface area (Å²) >= 11 is 0. The van der Waals surface area contributed by atoms with E-state index in [0.717, 1.165) is 61.6 Å². The second-order valence-electron chi connectivity index (χ2n) is 13.6. The smallest absolute Gasteiger partial charge is 0.326 e. The average Bonchev–Trinajstić information content (AvgIpc) is 3.49. The lowest BCUT2D eigenvalue weighted by molar-refractivity contribution is -0.142. The Kier molecular flexibility index (Phi) is 7.32. The number of carbonyl (C=O) groups excluding carboxylic acids is 1. The molecule has 1 heterocycles. The van der Waals surface area contributed by atoms with Crippen LogP contribution in [-0.4, -0.2) is 56.1 Å². The van der Waals surface area contributed by atoms with Crippen molar-refractivity contribution in [3.63, 3.8) is 0 Å². The summed E-state index contributed by atoms with van der Waals surface area (Å²) in [6.45, 7) is 4.22. The SMILES string of the molecule is C#C[C@]1(O)CC[C@@H]2[C@@H]3CCC4=CC(=NOCC(=O)N[C@H](Cc5c[nH]c6cc(O)ccc56)C(=O)O)CC[C@]4(C)[C@@H]3CC[C@@]21C. The largest absolute Gasteiger partial charge is 0.508 e. The summed E-state index contributed by atoms with van der Waals surface area (Å²) in [4.78, 5) is 32.9. The number of aliphatic hydroxyl groups is 1. The molecule has 0 saturated heterocycles. The molecule has 5 N–H and O–H groups in total.